The molecule has 0 aliphatic heterocycles. The Morgan fingerprint density at radius 2 is 2.11 bits per heavy atom. The smallest absolute Gasteiger partial charge is 0.271 e. The van der Waals surface area contributed by atoms with Crippen LogP contribution in [0.15, 0.2) is 18.2 Å². The zero-order valence-corrected chi connectivity index (χ0v) is 11.2. The Morgan fingerprint density at radius 3 is 2.67 bits per heavy atom. The molecule has 1 N–H and O–H groups in total. The summed E-state index contributed by atoms with van der Waals surface area (Å²) in [5.41, 5.74) is 2.33. The van der Waals surface area contributed by atoms with Gasteiger partial charge >= 0.3 is 0 Å². The standard InChI is InChI=1S/C14H20N2O2/c1-10-6-12(8-13(7-10)16(17)18)15-11-4-5-14(2,3)9-11/h6-8,11,15H,4-5,9H2,1-3H3. The van der Waals surface area contributed by atoms with E-state index in [0.717, 1.165) is 24.1 Å². The fraction of sp³-hybridized carbons (Fsp3) is 0.571. The quantitative estimate of drug-likeness (QED) is 0.652. The molecular formula is C14H20N2O2. The Balaban J connectivity index is 2.12. The summed E-state index contributed by atoms with van der Waals surface area (Å²) in [6, 6.07) is 5.63. The summed E-state index contributed by atoms with van der Waals surface area (Å²) in [6.07, 6.45) is 3.46. The monoisotopic (exact) mass is 248 g/mol. The van der Waals surface area contributed by atoms with Crippen LogP contribution < -0.4 is 5.32 Å². The van der Waals surface area contributed by atoms with Gasteiger partial charge in [0, 0.05) is 23.9 Å². The summed E-state index contributed by atoms with van der Waals surface area (Å²) >= 11 is 0. The van der Waals surface area contributed by atoms with E-state index in [0.29, 0.717) is 11.5 Å². The lowest BCUT2D eigenvalue weighted by molar-refractivity contribution is -0.384. The Hall–Kier alpha value is -1.58. The van der Waals surface area contributed by atoms with E-state index in [9.17, 15) is 10.1 Å². The summed E-state index contributed by atoms with van der Waals surface area (Å²) in [4.78, 5) is 10.5. The van der Waals surface area contributed by atoms with Crippen molar-refractivity contribution < 1.29 is 4.92 Å². The van der Waals surface area contributed by atoms with Gasteiger partial charge in [-0.15, -0.1) is 0 Å². The predicted molar refractivity (Wildman–Crippen MR) is 72.9 cm³/mol. The van der Waals surface area contributed by atoms with Crippen LogP contribution in [-0.4, -0.2) is 11.0 Å². The van der Waals surface area contributed by atoms with Gasteiger partial charge in [-0.25, -0.2) is 0 Å². The molecule has 1 fully saturated rings. The number of hydrogen-bond donors (Lipinski definition) is 1. The van der Waals surface area contributed by atoms with Gasteiger partial charge in [0.25, 0.3) is 5.69 Å². The van der Waals surface area contributed by atoms with Gasteiger partial charge in [0.15, 0.2) is 0 Å². The topological polar surface area (TPSA) is 55.2 Å². The van der Waals surface area contributed by atoms with Crippen LogP contribution >= 0.6 is 0 Å². The molecule has 0 amide bonds. The lowest BCUT2D eigenvalue weighted by Crippen LogP contribution is -2.17. The average Bonchev–Trinajstić information content (AvgIpc) is 2.57. The molecular weight excluding hydrogens is 228 g/mol. The van der Waals surface area contributed by atoms with E-state index >= 15 is 0 Å². The fourth-order valence-corrected chi connectivity index (χ4v) is 2.75. The molecule has 1 aliphatic carbocycles. The number of anilines is 1. The highest BCUT2D eigenvalue weighted by molar-refractivity contribution is 5.54. The van der Waals surface area contributed by atoms with Crippen LogP contribution in [0.25, 0.3) is 0 Å². The summed E-state index contributed by atoms with van der Waals surface area (Å²) in [7, 11) is 0. The van der Waals surface area contributed by atoms with Crippen molar-refractivity contribution in [1.29, 1.82) is 0 Å². The molecule has 1 aliphatic rings. The first kappa shape index (κ1) is 12.9. The van der Waals surface area contributed by atoms with Crippen LogP contribution in [0.4, 0.5) is 11.4 Å². The minimum Gasteiger partial charge on any atom is -0.382 e. The van der Waals surface area contributed by atoms with Gasteiger partial charge < -0.3 is 5.32 Å². The minimum absolute atomic E-state index is 0.162. The third-order valence-corrected chi connectivity index (χ3v) is 3.61. The maximum atomic E-state index is 10.8. The third-order valence-electron chi connectivity index (χ3n) is 3.61. The maximum absolute atomic E-state index is 10.8. The van der Waals surface area contributed by atoms with Gasteiger partial charge in [-0.05, 0) is 43.2 Å². The largest absolute Gasteiger partial charge is 0.382 e. The van der Waals surface area contributed by atoms with Gasteiger partial charge in [0.2, 0.25) is 0 Å². The average molecular weight is 248 g/mol. The normalized spacial score (nSPS) is 21.8. The van der Waals surface area contributed by atoms with Gasteiger partial charge in [-0.2, -0.15) is 0 Å². The minimum atomic E-state index is -0.337. The first-order valence-corrected chi connectivity index (χ1v) is 6.38. The lowest BCUT2D eigenvalue weighted by atomic mass is 9.92. The second-order valence-electron chi connectivity index (χ2n) is 6.06. The van der Waals surface area contributed by atoms with E-state index in [2.05, 4.69) is 19.2 Å². The summed E-state index contributed by atoms with van der Waals surface area (Å²) < 4.78 is 0. The Kier molecular flexibility index (Phi) is 3.28. The van der Waals surface area contributed by atoms with Gasteiger partial charge in [0.1, 0.15) is 0 Å². The van der Waals surface area contributed by atoms with Crippen LogP contribution in [0.2, 0.25) is 0 Å². The van der Waals surface area contributed by atoms with Crippen molar-refractivity contribution in [2.75, 3.05) is 5.32 Å². The van der Waals surface area contributed by atoms with Crippen LogP contribution in [0.1, 0.15) is 38.7 Å². The molecule has 18 heavy (non-hydrogen) atoms. The van der Waals surface area contributed by atoms with E-state index in [1.165, 1.54) is 6.42 Å². The first-order chi connectivity index (χ1) is 8.35. The second-order valence-corrected chi connectivity index (χ2v) is 6.06. The molecule has 0 aromatic heterocycles. The Morgan fingerprint density at radius 1 is 1.39 bits per heavy atom. The van der Waals surface area contributed by atoms with Gasteiger partial charge in [-0.1, -0.05) is 13.8 Å². The highest BCUT2D eigenvalue weighted by Crippen LogP contribution is 2.38. The fourth-order valence-electron chi connectivity index (χ4n) is 2.75. The van der Waals surface area contributed by atoms with Gasteiger partial charge in [-0.3, -0.25) is 10.1 Å². The van der Waals surface area contributed by atoms with Crippen LogP contribution in [0, 0.1) is 22.5 Å². The number of aryl methyl sites for hydroxylation is 1. The first-order valence-electron chi connectivity index (χ1n) is 6.38. The number of nitrogens with one attached hydrogen (secondary N) is 1. The summed E-state index contributed by atoms with van der Waals surface area (Å²) in [6.45, 7) is 6.43. The molecule has 0 radical (unpaired) electrons. The van der Waals surface area contributed by atoms with Crippen molar-refractivity contribution in [2.24, 2.45) is 5.41 Å². The van der Waals surface area contributed by atoms with Crippen molar-refractivity contribution in [3.05, 3.63) is 33.9 Å². The molecule has 0 bridgehead atoms. The van der Waals surface area contributed by atoms with Crippen LogP contribution in [-0.2, 0) is 0 Å². The number of nitro benzene ring substituents is 1. The second kappa shape index (κ2) is 4.59. The summed E-state index contributed by atoms with van der Waals surface area (Å²) in [5.74, 6) is 0. The highest BCUT2D eigenvalue weighted by Gasteiger charge is 2.30. The molecule has 0 spiro atoms. The van der Waals surface area contributed by atoms with E-state index in [4.69, 9.17) is 0 Å². The number of nitrogens with zero attached hydrogens (tertiary/aromatic N) is 1. The molecule has 1 unspecified atom stereocenters. The number of rotatable bonds is 3. The van der Waals surface area contributed by atoms with E-state index in [1.54, 1.807) is 12.1 Å². The zero-order valence-electron chi connectivity index (χ0n) is 11.2. The predicted octanol–water partition coefficient (Wildman–Crippen LogP) is 3.89. The molecule has 98 valence electrons. The SMILES string of the molecule is Cc1cc(NC2CCC(C)(C)C2)cc([N+](=O)[O-])c1. The molecule has 0 saturated heterocycles. The van der Waals surface area contributed by atoms with Crippen molar-refractivity contribution >= 4 is 11.4 Å². The number of hydrogen-bond acceptors (Lipinski definition) is 3. The number of non-ortho nitro benzene ring substituents is 1. The zero-order chi connectivity index (χ0) is 13.3. The molecule has 0 heterocycles. The van der Waals surface area contributed by atoms with E-state index < -0.39 is 0 Å². The van der Waals surface area contributed by atoms with Crippen LogP contribution in [0.3, 0.4) is 0 Å². The molecule has 1 aromatic carbocycles. The molecule has 1 aromatic rings. The molecule has 1 saturated carbocycles. The van der Waals surface area contributed by atoms with Crippen molar-refractivity contribution in [3.63, 3.8) is 0 Å². The highest BCUT2D eigenvalue weighted by atomic mass is 16.6. The Labute approximate surface area is 108 Å². The summed E-state index contributed by atoms with van der Waals surface area (Å²) in [5, 5.41) is 14.3. The van der Waals surface area contributed by atoms with E-state index in [1.807, 2.05) is 13.0 Å². The van der Waals surface area contributed by atoms with Crippen LogP contribution in [0.5, 0.6) is 0 Å². The molecule has 4 heteroatoms. The maximum Gasteiger partial charge on any atom is 0.271 e. The van der Waals surface area contributed by atoms with Crippen molar-refractivity contribution in [1.82, 2.24) is 0 Å². The number of benzene rings is 1. The Bertz CT molecular complexity index is 469. The van der Waals surface area contributed by atoms with E-state index in [-0.39, 0.29) is 10.6 Å². The molecule has 4 nitrogen and oxygen atoms in total. The lowest BCUT2D eigenvalue weighted by Gasteiger charge is -2.18. The molecule has 1 atom stereocenters. The van der Waals surface area contributed by atoms with Crippen molar-refractivity contribution in [3.8, 4) is 0 Å². The molecule has 2 rings (SSSR count). The number of nitro groups is 1. The van der Waals surface area contributed by atoms with Gasteiger partial charge in [0.05, 0.1) is 4.92 Å². The third kappa shape index (κ3) is 3.00. The van der Waals surface area contributed by atoms with Crippen molar-refractivity contribution in [2.45, 2.75) is 46.1 Å².